The lowest BCUT2D eigenvalue weighted by Gasteiger charge is -2.13. The maximum absolute atomic E-state index is 5.52. The summed E-state index contributed by atoms with van der Waals surface area (Å²) in [6.07, 6.45) is 4.34. The van der Waals surface area contributed by atoms with Gasteiger partial charge in [0.05, 0.1) is 18.9 Å². The number of pyridine rings is 1. The first-order chi connectivity index (χ1) is 7.40. The average Bonchev–Trinajstić information content (AvgIpc) is 2.79. The van der Waals surface area contributed by atoms with Gasteiger partial charge in [0.1, 0.15) is 0 Å². The predicted molar refractivity (Wildman–Crippen MR) is 58.3 cm³/mol. The first kappa shape index (κ1) is 10.2. The summed E-state index contributed by atoms with van der Waals surface area (Å²) in [4.78, 5) is 4.12. The Balaban J connectivity index is 1.91. The summed E-state index contributed by atoms with van der Waals surface area (Å²) in [6.45, 7) is 1.71. The van der Waals surface area contributed by atoms with Crippen molar-refractivity contribution in [3.05, 3.63) is 18.3 Å². The van der Waals surface area contributed by atoms with E-state index < -0.39 is 0 Å². The Morgan fingerprint density at radius 1 is 1.67 bits per heavy atom. The van der Waals surface area contributed by atoms with Crippen LogP contribution in [-0.4, -0.2) is 31.3 Å². The van der Waals surface area contributed by atoms with E-state index in [4.69, 9.17) is 9.47 Å². The van der Waals surface area contributed by atoms with E-state index in [1.807, 2.05) is 12.1 Å². The molecule has 1 saturated heterocycles. The quantitative estimate of drug-likeness (QED) is 0.817. The summed E-state index contributed by atoms with van der Waals surface area (Å²) in [7, 11) is 1.62. The monoisotopic (exact) mass is 208 g/mol. The zero-order chi connectivity index (χ0) is 10.5. The Kier molecular flexibility index (Phi) is 3.40. The second-order valence-electron chi connectivity index (χ2n) is 3.58. The van der Waals surface area contributed by atoms with E-state index in [0.717, 1.165) is 31.7 Å². The minimum Gasteiger partial charge on any atom is -0.480 e. The molecule has 1 atom stereocenters. The van der Waals surface area contributed by atoms with Crippen LogP contribution in [0.3, 0.4) is 0 Å². The number of rotatable bonds is 4. The van der Waals surface area contributed by atoms with Gasteiger partial charge in [0.2, 0.25) is 5.88 Å². The lowest BCUT2D eigenvalue weighted by Crippen LogP contribution is -2.18. The molecule has 82 valence electrons. The van der Waals surface area contributed by atoms with Crippen molar-refractivity contribution in [1.82, 2.24) is 4.98 Å². The van der Waals surface area contributed by atoms with Gasteiger partial charge in [-0.15, -0.1) is 0 Å². The van der Waals surface area contributed by atoms with Gasteiger partial charge in [-0.1, -0.05) is 0 Å². The third-order valence-corrected chi connectivity index (χ3v) is 2.51. The molecule has 15 heavy (non-hydrogen) atoms. The molecule has 0 aliphatic carbocycles. The third-order valence-electron chi connectivity index (χ3n) is 2.51. The average molecular weight is 208 g/mol. The molecule has 1 aromatic heterocycles. The van der Waals surface area contributed by atoms with Crippen LogP contribution in [0.1, 0.15) is 12.8 Å². The number of hydrogen-bond acceptors (Lipinski definition) is 4. The number of methoxy groups -OCH3 is 1. The molecule has 1 fully saturated rings. The molecule has 1 unspecified atom stereocenters. The molecular weight excluding hydrogens is 192 g/mol. The summed E-state index contributed by atoms with van der Waals surface area (Å²) in [5, 5.41) is 3.29. The molecule has 1 aliphatic rings. The maximum Gasteiger partial charge on any atom is 0.237 e. The minimum absolute atomic E-state index is 0.329. The second-order valence-corrected chi connectivity index (χ2v) is 3.58. The summed E-state index contributed by atoms with van der Waals surface area (Å²) < 4.78 is 10.7. The van der Waals surface area contributed by atoms with Crippen molar-refractivity contribution in [3.8, 4) is 5.88 Å². The number of anilines is 1. The SMILES string of the molecule is COc1ncccc1NCC1CCCO1. The number of hydrogen-bond donors (Lipinski definition) is 1. The Hall–Kier alpha value is -1.29. The van der Waals surface area contributed by atoms with Crippen molar-refractivity contribution in [3.63, 3.8) is 0 Å². The van der Waals surface area contributed by atoms with Gasteiger partial charge in [-0.05, 0) is 25.0 Å². The number of nitrogens with zero attached hydrogens (tertiary/aromatic N) is 1. The van der Waals surface area contributed by atoms with E-state index in [1.165, 1.54) is 0 Å². The molecule has 2 rings (SSSR count). The van der Waals surface area contributed by atoms with E-state index in [9.17, 15) is 0 Å². The van der Waals surface area contributed by atoms with E-state index in [1.54, 1.807) is 13.3 Å². The van der Waals surface area contributed by atoms with Crippen LogP contribution in [0.2, 0.25) is 0 Å². The van der Waals surface area contributed by atoms with Crippen LogP contribution >= 0.6 is 0 Å². The fourth-order valence-corrected chi connectivity index (χ4v) is 1.72. The largest absolute Gasteiger partial charge is 0.480 e. The molecule has 0 spiro atoms. The van der Waals surface area contributed by atoms with Crippen LogP contribution in [0, 0.1) is 0 Å². The van der Waals surface area contributed by atoms with Gasteiger partial charge in [-0.25, -0.2) is 4.98 Å². The Bertz CT molecular complexity index is 311. The highest BCUT2D eigenvalue weighted by molar-refractivity contribution is 5.51. The molecule has 0 saturated carbocycles. The molecule has 2 heterocycles. The topological polar surface area (TPSA) is 43.4 Å². The molecule has 0 bridgehead atoms. The van der Waals surface area contributed by atoms with Crippen molar-refractivity contribution in [2.24, 2.45) is 0 Å². The number of aromatic nitrogens is 1. The first-order valence-corrected chi connectivity index (χ1v) is 5.24. The Morgan fingerprint density at radius 3 is 3.33 bits per heavy atom. The fraction of sp³-hybridized carbons (Fsp3) is 0.545. The zero-order valence-electron chi connectivity index (χ0n) is 8.90. The molecule has 1 aliphatic heterocycles. The van der Waals surface area contributed by atoms with Gasteiger partial charge in [0, 0.05) is 19.3 Å². The summed E-state index contributed by atoms with van der Waals surface area (Å²) in [5.74, 6) is 0.635. The van der Waals surface area contributed by atoms with Crippen molar-refractivity contribution < 1.29 is 9.47 Å². The van der Waals surface area contributed by atoms with E-state index in [2.05, 4.69) is 10.3 Å². The van der Waals surface area contributed by atoms with Gasteiger partial charge in [0.25, 0.3) is 0 Å². The van der Waals surface area contributed by atoms with Gasteiger partial charge < -0.3 is 14.8 Å². The summed E-state index contributed by atoms with van der Waals surface area (Å²) in [6, 6.07) is 3.85. The number of ether oxygens (including phenoxy) is 2. The summed E-state index contributed by atoms with van der Waals surface area (Å²) >= 11 is 0. The van der Waals surface area contributed by atoms with E-state index in [-0.39, 0.29) is 0 Å². The molecule has 4 heteroatoms. The van der Waals surface area contributed by atoms with Crippen LogP contribution in [-0.2, 0) is 4.74 Å². The van der Waals surface area contributed by atoms with Gasteiger partial charge >= 0.3 is 0 Å². The fourth-order valence-electron chi connectivity index (χ4n) is 1.72. The highest BCUT2D eigenvalue weighted by Gasteiger charge is 2.15. The molecule has 0 amide bonds. The van der Waals surface area contributed by atoms with Crippen LogP contribution in [0.25, 0.3) is 0 Å². The number of nitrogens with one attached hydrogen (secondary N) is 1. The summed E-state index contributed by atoms with van der Waals surface area (Å²) in [5.41, 5.74) is 0.926. The predicted octanol–water partition coefficient (Wildman–Crippen LogP) is 1.68. The molecular formula is C11H16N2O2. The van der Waals surface area contributed by atoms with Crippen LogP contribution in [0.5, 0.6) is 5.88 Å². The zero-order valence-corrected chi connectivity index (χ0v) is 8.90. The highest BCUT2D eigenvalue weighted by Crippen LogP contribution is 2.21. The lowest BCUT2D eigenvalue weighted by atomic mass is 10.2. The molecule has 0 aromatic carbocycles. The molecule has 0 radical (unpaired) electrons. The van der Waals surface area contributed by atoms with Crippen LogP contribution in [0.15, 0.2) is 18.3 Å². The molecule has 1 N–H and O–H groups in total. The second kappa shape index (κ2) is 4.98. The minimum atomic E-state index is 0.329. The Labute approximate surface area is 89.6 Å². The van der Waals surface area contributed by atoms with E-state index >= 15 is 0 Å². The Morgan fingerprint density at radius 2 is 2.60 bits per heavy atom. The normalized spacial score (nSPS) is 20.2. The van der Waals surface area contributed by atoms with Gasteiger partial charge in [0.15, 0.2) is 0 Å². The third kappa shape index (κ3) is 2.59. The highest BCUT2D eigenvalue weighted by atomic mass is 16.5. The molecule has 4 nitrogen and oxygen atoms in total. The van der Waals surface area contributed by atoms with E-state index in [0.29, 0.717) is 12.0 Å². The standard InChI is InChI=1S/C11H16N2O2/c1-14-11-10(5-2-6-12-11)13-8-9-4-3-7-15-9/h2,5-6,9,13H,3-4,7-8H2,1H3. The smallest absolute Gasteiger partial charge is 0.237 e. The van der Waals surface area contributed by atoms with Crippen molar-refractivity contribution in [1.29, 1.82) is 0 Å². The molecule has 1 aromatic rings. The van der Waals surface area contributed by atoms with Gasteiger partial charge in [-0.3, -0.25) is 0 Å². The van der Waals surface area contributed by atoms with Crippen molar-refractivity contribution >= 4 is 5.69 Å². The van der Waals surface area contributed by atoms with Gasteiger partial charge in [-0.2, -0.15) is 0 Å². The van der Waals surface area contributed by atoms with Crippen molar-refractivity contribution in [2.75, 3.05) is 25.6 Å². The lowest BCUT2D eigenvalue weighted by molar-refractivity contribution is 0.120. The maximum atomic E-state index is 5.52. The van der Waals surface area contributed by atoms with Crippen LogP contribution in [0.4, 0.5) is 5.69 Å². The van der Waals surface area contributed by atoms with Crippen molar-refractivity contribution in [2.45, 2.75) is 18.9 Å². The first-order valence-electron chi connectivity index (χ1n) is 5.24. The van der Waals surface area contributed by atoms with Crippen LogP contribution < -0.4 is 10.1 Å².